The molecule has 6 nitrogen and oxygen atoms in total. The third-order valence-electron chi connectivity index (χ3n) is 3.12. The van der Waals surface area contributed by atoms with Gasteiger partial charge in [-0.15, -0.1) is 5.10 Å². The Hall–Kier alpha value is -1.61. The van der Waals surface area contributed by atoms with Crippen molar-refractivity contribution in [2.24, 2.45) is 5.73 Å². The van der Waals surface area contributed by atoms with E-state index in [0.717, 1.165) is 24.6 Å². The van der Waals surface area contributed by atoms with E-state index in [0.29, 0.717) is 15.6 Å². The zero-order valence-corrected chi connectivity index (χ0v) is 13.1. The fourth-order valence-corrected chi connectivity index (χ4v) is 3.57. The Labute approximate surface area is 131 Å². The Morgan fingerprint density at radius 3 is 2.90 bits per heavy atom. The van der Waals surface area contributed by atoms with E-state index in [9.17, 15) is 9.18 Å². The molecule has 1 saturated carbocycles. The van der Waals surface area contributed by atoms with Crippen molar-refractivity contribution in [1.82, 2.24) is 14.8 Å². The summed E-state index contributed by atoms with van der Waals surface area (Å²) in [5.41, 5.74) is 5.39. The number of nitrogens with zero attached hydrogens (tertiary/aromatic N) is 2. The summed E-state index contributed by atoms with van der Waals surface area (Å²) in [5.74, 6) is -0.738. The molecule has 2 aromatic rings. The molecule has 0 amide bonds. The smallest absolute Gasteiger partial charge is 0.344 e. The minimum Gasteiger partial charge on any atom is -0.384 e. The molecule has 0 unspecified atom stereocenters. The molecule has 4 N–H and O–H groups in total. The third kappa shape index (κ3) is 2.62. The van der Waals surface area contributed by atoms with Crippen molar-refractivity contribution >= 4 is 33.5 Å². The van der Waals surface area contributed by atoms with Crippen molar-refractivity contribution < 1.29 is 4.39 Å². The van der Waals surface area contributed by atoms with E-state index in [4.69, 9.17) is 11.1 Å². The van der Waals surface area contributed by atoms with Gasteiger partial charge in [-0.25, -0.2) is 14.3 Å². The van der Waals surface area contributed by atoms with Crippen LogP contribution in [0.2, 0.25) is 0 Å². The number of nitrogen functional groups attached to an aromatic ring is 1. The van der Waals surface area contributed by atoms with Gasteiger partial charge < -0.3 is 5.73 Å². The highest BCUT2D eigenvalue weighted by atomic mass is 79.9. The van der Waals surface area contributed by atoms with Crippen LogP contribution in [-0.4, -0.2) is 20.6 Å². The highest BCUT2D eigenvalue weighted by Crippen LogP contribution is 2.39. The van der Waals surface area contributed by atoms with E-state index in [2.05, 4.69) is 26.1 Å². The maximum absolute atomic E-state index is 14.3. The van der Waals surface area contributed by atoms with Crippen molar-refractivity contribution in [2.45, 2.75) is 28.9 Å². The van der Waals surface area contributed by atoms with Gasteiger partial charge in [0, 0.05) is 11.6 Å². The number of benzene rings is 1. The van der Waals surface area contributed by atoms with Crippen LogP contribution in [0.5, 0.6) is 0 Å². The Morgan fingerprint density at radius 1 is 1.57 bits per heavy atom. The number of hydrogen-bond acceptors (Lipinski definition) is 4. The molecule has 21 heavy (non-hydrogen) atoms. The van der Waals surface area contributed by atoms with Gasteiger partial charge in [0.05, 0.1) is 9.37 Å². The first-order valence-electron chi connectivity index (χ1n) is 6.16. The van der Waals surface area contributed by atoms with Crippen LogP contribution in [0, 0.1) is 11.2 Å². The Kier molecular flexibility index (Phi) is 3.62. The predicted octanol–water partition coefficient (Wildman–Crippen LogP) is 2.24. The second-order valence-electron chi connectivity index (χ2n) is 4.67. The van der Waals surface area contributed by atoms with E-state index < -0.39 is 5.82 Å². The monoisotopic (exact) mass is 371 g/mol. The molecule has 0 saturated heterocycles. The molecule has 1 fully saturated rings. The molecule has 110 valence electrons. The molecule has 3 rings (SSSR count). The van der Waals surface area contributed by atoms with Crippen LogP contribution in [0.1, 0.15) is 24.4 Å². The SMILES string of the molecule is N=C(N)c1ccc(Sc2n[nH]c(=O)n2C2CC2)c(F)c1Br. The van der Waals surface area contributed by atoms with Crippen LogP contribution in [0.3, 0.4) is 0 Å². The van der Waals surface area contributed by atoms with Gasteiger partial charge in [0.25, 0.3) is 0 Å². The molecule has 1 aliphatic carbocycles. The number of amidine groups is 1. The fraction of sp³-hybridized carbons (Fsp3) is 0.250. The molecular weight excluding hydrogens is 361 g/mol. The van der Waals surface area contributed by atoms with Crippen molar-refractivity contribution in [3.8, 4) is 0 Å². The van der Waals surface area contributed by atoms with Gasteiger partial charge in [-0.2, -0.15) is 0 Å². The predicted molar refractivity (Wildman–Crippen MR) is 80.4 cm³/mol. The highest BCUT2D eigenvalue weighted by molar-refractivity contribution is 9.10. The van der Waals surface area contributed by atoms with Gasteiger partial charge in [0.15, 0.2) is 11.0 Å². The van der Waals surface area contributed by atoms with Crippen LogP contribution in [0.25, 0.3) is 0 Å². The Balaban J connectivity index is 1.98. The van der Waals surface area contributed by atoms with Crippen LogP contribution in [-0.2, 0) is 0 Å². The third-order valence-corrected chi connectivity index (χ3v) is 4.90. The summed E-state index contributed by atoms with van der Waals surface area (Å²) < 4.78 is 16.0. The lowest BCUT2D eigenvalue weighted by molar-refractivity contribution is 0.592. The molecule has 1 heterocycles. The standard InChI is InChI=1S/C12H11BrFN5OS/c13-8-6(10(15)16)3-4-7(9(8)14)21-12-18-17-11(20)19(12)5-1-2-5/h3-5H,1-2H2,(H3,15,16)(H,17,20). The van der Waals surface area contributed by atoms with E-state index in [-0.39, 0.29) is 22.0 Å². The maximum Gasteiger partial charge on any atom is 0.344 e. The maximum atomic E-state index is 14.3. The largest absolute Gasteiger partial charge is 0.384 e. The number of rotatable bonds is 4. The first-order valence-corrected chi connectivity index (χ1v) is 7.77. The first kappa shape index (κ1) is 14.3. The average Bonchev–Trinajstić information content (AvgIpc) is 3.20. The van der Waals surface area contributed by atoms with Gasteiger partial charge in [-0.05, 0) is 52.7 Å². The summed E-state index contributed by atoms with van der Waals surface area (Å²) in [6.45, 7) is 0. The van der Waals surface area contributed by atoms with E-state index in [1.807, 2.05) is 0 Å². The van der Waals surface area contributed by atoms with Crippen LogP contribution >= 0.6 is 27.7 Å². The minimum absolute atomic E-state index is 0.135. The zero-order valence-electron chi connectivity index (χ0n) is 10.7. The Bertz CT molecular complexity index is 782. The number of nitrogens with one attached hydrogen (secondary N) is 2. The van der Waals surface area contributed by atoms with Gasteiger partial charge in [-0.3, -0.25) is 9.98 Å². The van der Waals surface area contributed by atoms with Crippen molar-refractivity contribution in [3.63, 3.8) is 0 Å². The minimum atomic E-state index is -0.523. The van der Waals surface area contributed by atoms with Gasteiger partial charge in [-0.1, -0.05) is 0 Å². The van der Waals surface area contributed by atoms with Gasteiger partial charge >= 0.3 is 5.69 Å². The fourth-order valence-electron chi connectivity index (χ4n) is 1.93. The van der Waals surface area contributed by atoms with Gasteiger partial charge in [0.2, 0.25) is 0 Å². The number of aromatic nitrogens is 3. The molecule has 0 bridgehead atoms. The molecule has 9 heteroatoms. The number of halogens is 2. The van der Waals surface area contributed by atoms with Crippen LogP contribution < -0.4 is 11.4 Å². The second-order valence-corrected chi connectivity index (χ2v) is 6.47. The second kappa shape index (κ2) is 5.30. The lowest BCUT2D eigenvalue weighted by atomic mass is 10.2. The van der Waals surface area contributed by atoms with Crippen molar-refractivity contribution in [2.75, 3.05) is 0 Å². The van der Waals surface area contributed by atoms with E-state index in [1.165, 1.54) is 6.07 Å². The first-order chi connectivity index (χ1) is 9.99. The molecular formula is C12H11BrFN5OS. The zero-order chi connectivity index (χ0) is 15.1. The Morgan fingerprint density at radius 2 is 2.29 bits per heavy atom. The highest BCUT2D eigenvalue weighted by Gasteiger charge is 2.29. The van der Waals surface area contributed by atoms with Crippen molar-refractivity contribution in [1.29, 1.82) is 5.41 Å². The summed E-state index contributed by atoms with van der Waals surface area (Å²) in [4.78, 5) is 12.0. The molecule has 1 aromatic heterocycles. The molecule has 1 aromatic carbocycles. The molecule has 0 atom stereocenters. The summed E-state index contributed by atoms with van der Waals surface area (Å²) in [6, 6.07) is 3.24. The van der Waals surface area contributed by atoms with E-state index >= 15 is 0 Å². The molecule has 1 aliphatic rings. The van der Waals surface area contributed by atoms with Crippen LogP contribution in [0.4, 0.5) is 4.39 Å². The number of hydrogen-bond donors (Lipinski definition) is 3. The number of H-pyrrole nitrogens is 1. The molecule has 0 radical (unpaired) electrons. The number of nitrogens with two attached hydrogens (primary N) is 1. The lowest BCUT2D eigenvalue weighted by Crippen LogP contribution is -2.16. The summed E-state index contributed by atoms with van der Waals surface area (Å²) in [7, 11) is 0. The topological polar surface area (TPSA) is 101 Å². The quantitative estimate of drug-likeness (QED) is 0.566. The summed E-state index contributed by atoms with van der Waals surface area (Å²) in [6.07, 6.45) is 1.87. The van der Waals surface area contributed by atoms with Crippen molar-refractivity contribution in [3.05, 3.63) is 38.5 Å². The van der Waals surface area contributed by atoms with E-state index in [1.54, 1.807) is 10.6 Å². The normalized spacial score (nSPS) is 14.4. The average molecular weight is 372 g/mol. The summed E-state index contributed by atoms with van der Waals surface area (Å²) in [5, 5.41) is 14.1. The molecule has 0 spiro atoms. The molecule has 0 aliphatic heterocycles. The van der Waals surface area contributed by atoms with Gasteiger partial charge in [0.1, 0.15) is 5.84 Å². The summed E-state index contributed by atoms with van der Waals surface area (Å²) >= 11 is 4.17. The number of aromatic amines is 1. The van der Waals surface area contributed by atoms with Crippen LogP contribution in [0.15, 0.2) is 31.5 Å². The lowest BCUT2D eigenvalue weighted by Gasteiger charge is -2.08.